The minimum absolute atomic E-state index is 0.00939. The second-order valence-electron chi connectivity index (χ2n) is 15.6. The van der Waals surface area contributed by atoms with Gasteiger partial charge in [-0.25, -0.2) is 0 Å². The summed E-state index contributed by atoms with van der Waals surface area (Å²) in [5, 5.41) is 0. The number of rotatable bonds is 28. The molecule has 8 heteroatoms. The van der Waals surface area contributed by atoms with Crippen molar-refractivity contribution in [3.63, 3.8) is 0 Å². The molecule has 0 aliphatic carbocycles. The van der Waals surface area contributed by atoms with Crippen LogP contribution in [0.25, 0.3) is 11.4 Å². The highest BCUT2D eigenvalue weighted by molar-refractivity contribution is 9.11. The second-order valence-corrected chi connectivity index (χ2v) is 20.5. The zero-order valence-corrected chi connectivity index (χ0v) is 37.5. The van der Waals surface area contributed by atoms with Crippen LogP contribution in [0.1, 0.15) is 179 Å². The van der Waals surface area contributed by atoms with Crippen LogP contribution < -0.4 is 0 Å². The average molecular weight is 879 g/mol. The number of fused-ring (bicyclic) bond motifs is 1. The van der Waals surface area contributed by atoms with E-state index >= 15 is 0 Å². The van der Waals surface area contributed by atoms with Crippen LogP contribution in [-0.2, 0) is 9.59 Å². The lowest BCUT2D eigenvalue weighted by Crippen LogP contribution is -2.30. The van der Waals surface area contributed by atoms with Crippen molar-refractivity contribution in [1.29, 1.82) is 0 Å². The smallest absolute Gasteiger partial charge is 0.261 e. The van der Waals surface area contributed by atoms with Crippen molar-refractivity contribution < 1.29 is 9.59 Å². The first-order chi connectivity index (χ1) is 25.3. The first-order valence-corrected chi connectivity index (χ1v) is 24.1. The first kappa shape index (κ1) is 43.5. The maximum absolute atomic E-state index is 14.5. The molecule has 2 aromatic rings. The van der Waals surface area contributed by atoms with E-state index in [2.05, 4.69) is 71.7 Å². The standard InChI is InChI=1S/C44H66Br2N2O2S2/c1-5-7-9-11-13-17-23-33(3)25-19-15-21-31-47-41(35-27-29-37(45)51-35)39-40(43(47)49)42(36-28-30-38(46)52-36)48(44(39)50)32-22-16-20-26-34(4)24-18-14-12-10-8-6-2/h27-30,33-34H,5-26,31-32H2,1-4H3. The van der Waals surface area contributed by atoms with E-state index in [9.17, 15) is 9.59 Å². The summed E-state index contributed by atoms with van der Waals surface area (Å²) < 4.78 is 2.02. The van der Waals surface area contributed by atoms with E-state index in [1.807, 2.05) is 21.9 Å². The Bertz CT molecular complexity index is 1350. The minimum atomic E-state index is -0.00939. The molecule has 0 N–H and O–H groups in total. The topological polar surface area (TPSA) is 40.6 Å². The van der Waals surface area contributed by atoms with Gasteiger partial charge in [-0.05, 0) is 80.8 Å². The molecule has 52 heavy (non-hydrogen) atoms. The summed E-state index contributed by atoms with van der Waals surface area (Å²) in [5.41, 5.74) is 2.85. The van der Waals surface area contributed by atoms with E-state index in [0.717, 1.165) is 66.2 Å². The minimum Gasteiger partial charge on any atom is -0.306 e. The summed E-state index contributed by atoms with van der Waals surface area (Å²) in [5.74, 6) is 1.50. The molecule has 4 heterocycles. The van der Waals surface area contributed by atoms with Crippen LogP contribution in [0.5, 0.6) is 0 Å². The highest BCUT2D eigenvalue weighted by Gasteiger charge is 2.49. The van der Waals surface area contributed by atoms with E-state index in [-0.39, 0.29) is 11.8 Å². The van der Waals surface area contributed by atoms with Gasteiger partial charge < -0.3 is 9.80 Å². The Morgan fingerprint density at radius 2 is 0.827 bits per heavy atom. The molecule has 4 rings (SSSR count). The molecule has 2 atom stereocenters. The van der Waals surface area contributed by atoms with Crippen LogP contribution in [-0.4, -0.2) is 34.7 Å². The van der Waals surface area contributed by atoms with Gasteiger partial charge in [-0.15, -0.1) is 22.7 Å². The molecule has 4 nitrogen and oxygen atoms in total. The van der Waals surface area contributed by atoms with Gasteiger partial charge in [-0.1, -0.05) is 156 Å². The number of amides is 2. The largest absolute Gasteiger partial charge is 0.306 e. The van der Waals surface area contributed by atoms with Crippen LogP contribution in [0, 0.1) is 11.8 Å². The fraction of sp³-hybridized carbons (Fsp3) is 0.682. The van der Waals surface area contributed by atoms with E-state index in [4.69, 9.17) is 0 Å². The number of hydrogen-bond donors (Lipinski definition) is 0. The Hall–Kier alpha value is -1.22. The van der Waals surface area contributed by atoms with Gasteiger partial charge in [-0.2, -0.15) is 0 Å². The Labute approximate surface area is 341 Å². The van der Waals surface area contributed by atoms with Crippen molar-refractivity contribution in [1.82, 2.24) is 9.80 Å². The molecular weight excluding hydrogens is 812 g/mol. The normalized spacial score (nSPS) is 15.9. The lowest BCUT2D eigenvalue weighted by Gasteiger charge is -2.24. The quantitative estimate of drug-likeness (QED) is 0.0799. The van der Waals surface area contributed by atoms with E-state index in [0.29, 0.717) is 24.2 Å². The molecule has 0 saturated heterocycles. The third-order valence-electron chi connectivity index (χ3n) is 11.1. The highest BCUT2D eigenvalue weighted by Crippen LogP contribution is 2.49. The van der Waals surface area contributed by atoms with Crippen LogP contribution in [0.4, 0.5) is 0 Å². The molecule has 0 radical (unpaired) electrons. The van der Waals surface area contributed by atoms with Crippen LogP contribution in [0.2, 0.25) is 0 Å². The molecular formula is C44H66Br2N2O2S2. The van der Waals surface area contributed by atoms with Gasteiger partial charge in [0.05, 0.1) is 39.9 Å². The molecule has 2 aliphatic heterocycles. The fourth-order valence-corrected chi connectivity index (χ4v) is 10.8. The maximum atomic E-state index is 14.5. The lowest BCUT2D eigenvalue weighted by atomic mass is 9.96. The van der Waals surface area contributed by atoms with Crippen molar-refractivity contribution in [2.24, 2.45) is 11.8 Å². The molecule has 2 aliphatic rings. The number of unbranched alkanes of at least 4 members (excludes halogenated alkanes) is 14. The molecule has 2 amide bonds. The predicted molar refractivity (Wildman–Crippen MR) is 233 cm³/mol. The van der Waals surface area contributed by atoms with Crippen LogP contribution in [0.3, 0.4) is 0 Å². The SMILES string of the molecule is CCCCCCCCC(C)CCCCCN1C(=O)C2=C(c3ccc(Br)s3)N(CCCCCC(C)CCCCCCCC)C(=O)C2=C1c1ccc(Br)s1. The summed E-state index contributed by atoms with van der Waals surface area (Å²) in [7, 11) is 0. The van der Waals surface area contributed by atoms with Crippen molar-refractivity contribution in [2.45, 2.75) is 169 Å². The van der Waals surface area contributed by atoms with Gasteiger partial charge in [0, 0.05) is 13.1 Å². The summed E-state index contributed by atoms with van der Waals surface area (Å²) in [4.78, 5) is 34.8. The lowest BCUT2D eigenvalue weighted by molar-refractivity contribution is -0.124. The molecule has 0 aromatic carbocycles. The van der Waals surface area contributed by atoms with Gasteiger partial charge in [0.15, 0.2) is 0 Å². The zero-order valence-electron chi connectivity index (χ0n) is 32.7. The Morgan fingerprint density at radius 3 is 1.15 bits per heavy atom. The van der Waals surface area contributed by atoms with Gasteiger partial charge in [0.1, 0.15) is 0 Å². The average Bonchev–Trinajstić information content (AvgIpc) is 3.88. The highest BCUT2D eigenvalue weighted by atomic mass is 79.9. The number of carbonyl (C=O) groups excluding carboxylic acids is 2. The molecule has 2 aromatic heterocycles. The third kappa shape index (κ3) is 12.9. The molecule has 0 fully saturated rings. The molecule has 290 valence electrons. The maximum Gasteiger partial charge on any atom is 0.261 e. The number of thiophene rings is 2. The van der Waals surface area contributed by atoms with Gasteiger partial charge >= 0.3 is 0 Å². The number of nitrogens with zero attached hydrogens (tertiary/aromatic N) is 2. The molecule has 0 spiro atoms. The zero-order chi connectivity index (χ0) is 37.3. The van der Waals surface area contributed by atoms with Crippen molar-refractivity contribution in [2.75, 3.05) is 13.1 Å². The monoisotopic (exact) mass is 876 g/mol. The fourth-order valence-electron chi connectivity index (χ4n) is 7.93. The van der Waals surface area contributed by atoms with E-state index < -0.39 is 0 Å². The van der Waals surface area contributed by atoms with Gasteiger partial charge in [0.2, 0.25) is 0 Å². The second kappa shape index (κ2) is 23.6. The first-order valence-electron chi connectivity index (χ1n) is 20.9. The Balaban J connectivity index is 1.38. The molecule has 0 bridgehead atoms. The predicted octanol–water partition coefficient (Wildman–Crippen LogP) is 15.0. The van der Waals surface area contributed by atoms with Crippen molar-refractivity contribution >= 4 is 77.7 Å². The van der Waals surface area contributed by atoms with Gasteiger partial charge in [0.25, 0.3) is 11.8 Å². The number of hydrogen-bond acceptors (Lipinski definition) is 4. The van der Waals surface area contributed by atoms with Crippen LogP contribution >= 0.6 is 54.5 Å². The van der Waals surface area contributed by atoms with E-state index in [1.165, 1.54) is 116 Å². The number of halogens is 2. The van der Waals surface area contributed by atoms with E-state index in [1.54, 1.807) is 22.7 Å². The Kier molecular flexibility index (Phi) is 19.8. The summed E-state index contributed by atoms with van der Waals surface area (Å²) in [6, 6.07) is 8.19. The molecule has 2 unspecified atom stereocenters. The molecule has 0 saturated carbocycles. The number of carbonyl (C=O) groups is 2. The summed E-state index contributed by atoms with van der Waals surface area (Å²) in [6.45, 7) is 10.7. The van der Waals surface area contributed by atoms with Gasteiger partial charge in [-0.3, -0.25) is 9.59 Å². The van der Waals surface area contributed by atoms with Crippen molar-refractivity contribution in [3.8, 4) is 0 Å². The third-order valence-corrected chi connectivity index (χ3v) is 14.3. The summed E-state index contributed by atoms with van der Waals surface area (Å²) >= 11 is 10.5. The Morgan fingerprint density at radius 1 is 0.500 bits per heavy atom. The van der Waals surface area contributed by atoms with Crippen molar-refractivity contribution in [3.05, 3.63) is 52.7 Å². The summed E-state index contributed by atoms with van der Waals surface area (Å²) in [6.07, 6.45) is 27.9. The van der Waals surface area contributed by atoms with Crippen LogP contribution in [0.15, 0.2) is 43.0 Å².